The van der Waals surface area contributed by atoms with Crippen LogP contribution in [0.4, 0.5) is 86.1 Å². The lowest BCUT2D eigenvalue weighted by atomic mass is 10.1. The highest BCUT2D eigenvalue weighted by Crippen LogP contribution is 2.49. The predicted octanol–water partition coefficient (Wildman–Crippen LogP) is 17.0. The number of methoxy groups -OCH3 is 1. The second kappa shape index (κ2) is 36.2. The van der Waals surface area contributed by atoms with Crippen molar-refractivity contribution in [2.75, 3.05) is 121 Å². The third kappa shape index (κ3) is 17.2. The zero-order valence-electron chi connectivity index (χ0n) is 69.8. The number of para-hydroxylation sites is 1. The molecule has 3 saturated heterocycles. The maximum absolute atomic E-state index is 13.7. The van der Waals surface area contributed by atoms with E-state index in [0.717, 1.165) is 122 Å². The number of carbonyl (C=O) groups excluding carboxylic acids is 6. The molecule has 32 nitrogen and oxygen atoms in total. The first kappa shape index (κ1) is 83.5. The monoisotopic (exact) mass is 1800 g/mol. The number of rotatable bonds is 20. The molecule has 37 heteroatoms. The van der Waals surface area contributed by atoms with Gasteiger partial charge in [0.1, 0.15) is 77.0 Å². The molecule has 14 heterocycles. The first-order valence-corrected chi connectivity index (χ1v) is 44.3. The van der Waals surface area contributed by atoms with Crippen molar-refractivity contribution in [2.24, 2.45) is 0 Å². The Morgan fingerprint density at radius 1 is 0.462 bits per heavy atom. The number of hydrogen-bond acceptors (Lipinski definition) is 24. The summed E-state index contributed by atoms with van der Waals surface area (Å²) in [6, 6.07) is 52.7. The summed E-state index contributed by atoms with van der Waals surface area (Å²) in [5, 5.41) is 30.2. The highest BCUT2D eigenvalue weighted by molar-refractivity contribution is 7.22. The number of amides is 9. The lowest BCUT2D eigenvalue weighted by Crippen LogP contribution is -2.43. The van der Waals surface area contributed by atoms with E-state index in [1.54, 1.807) is 65.3 Å². The zero-order chi connectivity index (χ0) is 88.6. The fourth-order valence-corrected chi connectivity index (χ4v) is 19.6. The number of anilines is 11. The van der Waals surface area contributed by atoms with Gasteiger partial charge in [0.05, 0.1) is 120 Å². The standard InChI is InChI=1S/C33H27FN8O3S.C32H28N6O5S.C28H25FN8O2S/c34-23-3-1-2-21(14-23)18-41-26-9-8-25(15-22(26)16-37-41)42-30-27-28(39-33(42)44)29(46-32(27)36-19-35-30)31(43)38-24-6-4-20(5-7-24)17-40-10-12-45-13-11-40;1-41-25-17-21(8-7-20(25)18-37-13-15-42-16-14-37)35-30(39)28-27-26-29(33-19-34-31(26)44-28)38(32(40)36-27)22-9-11-24(12-10-22)43-23-5-3-2-4-6-23;1-35-9-7-19(8-10-35)33-26(38)24-23-22-25(30-15-31-27(22)40-24)37(28(39)34-23)20-5-6-21-17(12-20)13-32-36(21)14-16-3-2-4-18(29)11-16/h1-9,14-16,19H,10-13,17-18H2,(H,38,43)(H,39,44);2-12,17,19H,13-16,18H2,1H3,(H,35,39)(H,36,40);2-6,11-13,15,19H,7-10,14H2,1H3,(H,33,38)(H,34,39). The Bertz CT molecular complexity index is 7080. The molecule has 16 aromatic rings. The summed E-state index contributed by atoms with van der Waals surface area (Å²) in [6.07, 6.45) is 9.41. The maximum atomic E-state index is 13.7. The van der Waals surface area contributed by atoms with Gasteiger partial charge in [-0.3, -0.25) is 33.5 Å². The van der Waals surface area contributed by atoms with Gasteiger partial charge in [0.2, 0.25) is 0 Å². The molecule has 0 aliphatic carbocycles. The van der Waals surface area contributed by atoms with Crippen LogP contribution in [-0.4, -0.2) is 186 Å². The topological polar surface area (TPSA) is 344 Å². The number of nitrogens with one attached hydrogen (secondary N) is 6. The van der Waals surface area contributed by atoms with Crippen LogP contribution in [0.1, 0.15) is 64.1 Å². The van der Waals surface area contributed by atoms with Crippen LogP contribution in [0.5, 0.6) is 17.2 Å². The summed E-state index contributed by atoms with van der Waals surface area (Å²) in [5.41, 5.74) is 9.69. The van der Waals surface area contributed by atoms with Crippen molar-refractivity contribution in [2.45, 2.75) is 45.1 Å². The zero-order valence-corrected chi connectivity index (χ0v) is 72.3. The minimum Gasteiger partial charge on any atom is -0.496 e. The number of piperidine rings is 1. The molecule has 9 amide bonds. The number of carbonyl (C=O) groups is 6. The van der Waals surface area contributed by atoms with E-state index in [1.165, 1.54) is 92.0 Å². The Labute approximate surface area is 752 Å². The molecule has 0 saturated carbocycles. The lowest BCUT2D eigenvalue weighted by Gasteiger charge is -2.29. The number of aromatic nitrogens is 10. The molecule has 0 bridgehead atoms. The highest BCUT2D eigenvalue weighted by Gasteiger charge is 2.39. The Morgan fingerprint density at radius 3 is 1.41 bits per heavy atom. The summed E-state index contributed by atoms with van der Waals surface area (Å²) >= 11 is 3.65. The van der Waals surface area contributed by atoms with Crippen LogP contribution >= 0.6 is 34.0 Å². The van der Waals surface area contributed by atoms with Crippen molar-refractivity contribution in [3.05, 3.63) is 262 Å². The van der Waals surface area contributed by atoms with Gasteiger partial charge in [0, 0.05) is 79.1 Å². The van der Waals surface area contributed by atoms with Gasteiger partial charge < -0.3 is 55.7 Å². The fourth-order valence-electron chi connectivity index (χ4n) is 16.6. The average molecular weight is 1800 g/mol. The number of ether oxygens (including phenoxy) is 4. The van der Waals surface area contributed by atoms with Gasteiger partial charge in [-0.1, -0.05) is 60.7 Å². The molecule has 654 valence electrons. The normalized spacial score (nSPS) is 15.2. The average Bonchev–Trinajstić information content (AvgIpc) is 1.58. The highest BCUT2D eigenvalue weighted by atomic mass is 32.1. The molecular weight excluding hydrogens is 1720 g/mol. The SMILES string of the molecule is CN1CCC(NC(=O)c2sc3ncnc4c3c2NC(=O)N4c2ccc3c(cnn3Cc3cccc(F)c3)c2)CC1.COc1cc(NC(=O)c2sc3ncnc4c3c2NC(=O)N4c2ccc(Oc3ccccc3)cc2)ccc1CN1CCOCC1.O=C(Nc1ccc(CN2CCOCC2)cc1)c1sc2ncnc3c2c1NC(=O)N3c1ccc2c(cnn2Cc2cccc(F)c2)c1. The van der Waals surface area contributed by atoms with Gasteiger partial charge in [-0.15, -0.1) is 34.0 Å². The summed E-state index contributed by atoms with van der Waals surface area (Å²) in [7, 11) is 3.69. The Balaban J connectivity index is 0.000000122. The van der Waals surface area contributed by atoms with Crippen molar-refractivity contribution >= 4 is 185 Å². The van der Waals surface area contributed by atoms with Gasteiger partial charge in [-0.25, -0.2) is 67.8 Å². The van der Waals surface area contributed by atoms with Gasteiger partial charge in [-0.2, -0.15) is 10.2 Å². The summed E-state index contributed by atoms with van der Waals surface area (Å²) < 4.78 is 53.4. The third-order valence-electron chi connectivity index (χ3n) is 23.1. The van der Waals surface area contributed by atoms with Crippen molar-refractivity contribution in [3.8, 4) is 17.2 Å². The number of benzene rings is 8. The Morgan fingerprint density at radius 2 is 0.915 bits per heavy atom. The van der Waals surface area contributed by atoms with Crippen LogP contribution < -0.4 is 56.1 Å². The van der Waals surface area contributed by atoms with E-state index in [4.69, 9.17) is 18.9 Å². The molecule has 8 aromatic carbocycles. The second-order valence-electron chi connectivity index (χ2n) is 31.6. The van der Waals surface area contributed by atoms with Gasteiger partial charge in [0.15, 0.2) is 17.5 Å². The number of thiophene rings is 3. The number of nitrogens with zero attached hydrogens (tertiary/aromatic N) is 16. The summed E-state index contributed by atoms with van der Waals surface area (Å²) in [4.78, 5) is 122. The quantitative estimate of drug-likeness (QED) is 0.0413. The minimum atomic E-state index is -0.445. The van der Waals surface area contributed by atoms with Crippen LogP contribution in [0, 0.1) is 11.6 Å². The molecule has 0 spiro atoms. The molecule has 3 fully saturated rings. The van der Waals surface area contributed by atoms with E-state index in [9.17, 15) is 37.5 Å². The third-order valence-corrected chi connectivity index (χ3v) is 26.4. The predicted molar refractivity (Wildman–Crippen MR) is 495 cm³/mol. The van der Waals surface area contributed by atoms with Gasteiger partial charge in [-0.05, 0) is 165 Å². The first-order chi connectivity index (χ1) is 63.5. The lowest BCUT2D eigenvalue weighted by molar-refractivity contribution is 0.0338. The van der Waals surface area contributed by atoms with Crippen LogP contribution in [0.25, 0.3) is 52.5 Å². The first-order valence-electron chi connectivity index (χ1n) is 41.9. The van der Waals surface area contributed by atoms with Crippen molar-refractivity contribution < 1.29 is 56.5 Å². The van der Waals surface area contributed by atoms with E-state index < -0.39 is 18.1 Å². The van der Waals surface area contributed by atoms with E-state index in [1.807, 2.05) is 121 Å². The largest absolute Gasteiger partial charge is 0.496 e. The number of halogens is 2. The number of likely N-dealkylation sites (tertiary alicyclic amines) is 1. The van der Waals surface area contributed by atoms with E-state index in [-0.39, 0.29) is 35.4 Å². The molecule has 6 N–H and O–H groups in total. The van der Waals surface area contributed by atoms with Crippen LogP contribution in [0.3, 0.4) is 0 Å². The van der Waals surface area contributed by atoms with Crippen molar-refractivity contribution in [3.63, 3.8) is 0 Å². The molecule has 22 rings (SSSR count). The van der Waals surface area contributed by atoms with Gasteiger partial charge in [0.25, 0.3) is 17.7 Å². The molecule has 0 unspecified atom stereocenters. The minimum absolute atomic E-state index is 0.0935. The molecule has 6 aliphatic heterocycles. The van der Waals surface area contributed by atoms with E-state index in [2.05, 4.69) is 93.7 Å². The molecule has 8 aromatic heterocycles. The fraction of sp³-hybridized carbons (Fsp3) is 0.204. The molecule has 6 aliphatic rings. The molecule has 0 atom stereocenters. The summed E-state index contributed by atoms with van der Waals surface area (Å²) in [6.45, 7) is 10.7. The molecular formula is C93H80F2N22O10S3. The van der Waals surface area contributed by atoms with Crippen LogP contribution in [0.2, 0.25) is 0 Å². The maximum Gasteiger partial charge on any atom is 0.332 e. The van der Waals surface area contributed by atoms with Gasteiger partial charge >= 0.3 is 18.1 Å². The smallest absolute Gasteiger partial charge is 0.332 e. The van der Waals surface area contributed by atoms with Crippen LogP contribution in [-0.2, 0) is 35.7 Å². The molecule has 0 radical (unpaired) electrons. The number of morpholine rings is 2. The van der Waals surface area contributed by atoms with Crippen molar-refractivity contribution in [1.82, 2.24) is 69.5 Å². The van der Waals surface area contributed by atoms with Crippen molar-refractivity contribution in [1.29, 1.82) is 0 Å². The second-order valence-corrected chi connectivity index (χ2v) is 34.6. The number of urea groups is 3. The Kier molecular flexibility index (Phi) is 23.3. The van der Waals surface area contributed by atoms with E-state index >= 15 is 0 Å². The summed E-state index contributed by atoms with van der Waals surface area (Å²) in [5.74, 6) is 1.72. The number of fused-ring (bicyclic) bond motifs is 2. The molecule has 130 heavy (non-hydrogen) atoms. The van der Waals surface area contributed by atoms with Crippen LogP contribution in [0.15, 0.2) is 213 Å². The number of hydrogen-bond donors (Lipinski definition) is 6. The Hall–Kier alpha value is -14.7. The van der Waals surface area contributed by atoms with E-state index in [0.29, 0.717) is 152 Å².